The van der Waals surface area contributed by atoms with Crippen molar-refractivity contribution in [3.63, 3.8) is 0 Å². The van der Waals surface area contributed by atoms with E-state index in [0.29, 0.717) is 39.1 Å². The van der Waals surface area contributed by atoms with Gasteiger partial charge in [-0.2, -0.15) is 0 Å². The van der Waals surface area contributed by atoms with Crippen LogP contribution in [0.3, 0.4) is 0 Å². The van der Waals surface area contributed by atoms with Gasteiger partial charge >= 0.3 is 5.69 Å². The van der Waals surface area contributed by atoms with E-state index in [1.807, 2.05) is 0 Å². The van der Waals surface area contributed by atoms with Crippen LogP contribution in [0.25, 0.3) is 10.9 Å². The van der Waals surface area contributed by atoms with E-state index in [0.717, 1.165) is 4.57 Å². The minimum absolute atomic E-state index is 0.0348. The maximum Gasteiger partial charge on any atom is 0.332 e. The van der Waals surface area contributed by atoms with Crippen molar-refractivity contribution in [3.8, 4) is 11.5 Å². The molecule has 1 aliphatic rings. The standard InChI is InChI=1S/C31H23N3O6/c1-39-26-12-10-18-14-20(26)16-33-25-9-4-3-6-22(25)30(37)34(31(33)38)17-21-15-19(11-13-27(21)40-2)29(36)24-8-5-7-23(32-24)28(18)35/h3-15H,16-17H2,1-2H3. The van der Waals surface area contributed by atoms with Crippen LogP contribution >= 0.6 is 0 Å². The van der Waals surface area contributed by atoms with E-state index in [9.17, 15) is 19.2 Å². The first-order chi connectivity index (χ1) is 19.4. The Labute approximate surface area is 227 Å². The molecule has 1 aliphatic heterocycles. The molecule has 0 aliphatic carbocycles. The zero-order valence-corrected chi connectivity index (χ0v) is 21.7. The van der Waals surface area contributed by atoms with Crippen LogP contribution in [0, 0.1) is 0 Å². The second kappa shape index (κ2) is 9.77. The summed E-state index contributed by atoms with van der Waals surface area (Å²) in [7, 11) is 2.98. The normalized spacial score (nSPS) is 12.8. The summed E-state index contributed by atoms with van der Waals surface area (Å²) in [5.74, 6) is 0.0835. The topological polar surface area (TPSA) is 109 Å². The average Bonchev–Trinajstić information content (AvgIpc) is 3.00. The number of hydrogen-bond donors (Lipinski definition) is 0. The third-order valence-corrected chi connectivity index (χ3v) is 7.09. The summed E-state index contributed by atoms with van der Waals surface area (Å²) < 4.78 is 13.7. The van der Waals surface area contributed by atoms with Gasteiger partial charge in [0.05, 0.1) is 38.2 Å². The number of ketones is 2. The molecule has 0 saturated heterocycles. The Hall–Kier alpha value is -5.31. The van der Waals surface area contributed by atoms with Crippen molar-refractivity contribution in [2.45, 2.75) is 13.1 Å². The first-order valence-corrected chi connectivity index (χ1v) is 12.5. The fraction of sp³-hybridized carbons (Fsp3) is 0.129. The van der Waals surface area contributed by atoms with Gasteiger partial charge in [0, 0.05) is 22.3 Å². The summed E-state index contributed by atoms with van der Waals surface area (Å²) in [6.07, 6.45) is 0. The van der Waals surface area contributed by atoms with Gasteiger partial charge in [0.2, 0.25) is 11.6 Å². The quantitative estimate of drug-likeness (QED) is 0.335. The van der Waals surface area contributed by atoms with Crippen molar-refractivity contribution in [1.82, 2.24) is 14.1 Å². The van der Waals surface area contributed by atoms with Crippen LogP contribution in [-0.4, -0.2) is 39.9 Å². The summed E-state index contributed by atoms with van der Waals surface area (Å²) in [5.41, 5.74) is 1.24. The highest BCUT2D eigenvalue weighted by Crippen LogP contribution is 2.25. The highest BCUT2D eigenvalue weighted by Gasteiger charge is 2.21. The molecular formula is C31H23N3O6. The van der Waals surface area contributed by atoms with E-state index >= 15 is 0 Å². The number of para-hydroxylation sites is 1. The lowest BCUT2D eigenvalue weighted by Crippen LogP contribution is -2.40. The SMILES string of the molecule is COc1ccc2cc1Cn1c(=O)c3ccccc3n(c1=O)Cc1cc(ccc1OC)C(=O)c1cccc(n1)C2=O. The lowest BCUT2D eigenvalue weighted by Gasteiger charge is -2.18. The highest BCUT2D eigenvalue weighted by atomic mass is 16.5. The Balaban J connectivity index is 1.69. The Bertz CT molecular complexity index is 1970. The molecule has 0 fully saturated rings. The third-order valence-electron chi connectivity index (χ3n) is 7.09. The molecule has 2 aromatic heterocycles. The molecule has 9 nitrogen and oxygen atoms in total. The molecule has 8 bridgehead atoms. The Morgan fingerprint density at radius 3 is 1.77 bits per heavy atom. The Morgan fingerprint density at radius 2 is 1.20 bits per heavy atom. The molecule has 0 N–H and O–H groups in total. The van der Waals surface area contributed by atoms with E-state index < -0.39 is 17.0 Å². The number of carbonyl (C=O) groups excluding carboxylic acids is 2. The summed E-state index contributed by atoms with van der Waals surface area (Å²) in [4.78, 5) is 58.9. The second-order valence-corrected chi connectivity index (χ2v) is 9.40. The average molecular weight is 534 g/mol. The van der Waals surface area contributed by atoms with Crippen LogP contribution in [0.1, 0.15) is 43.2 Å². The van der Waals surface area contributed by atoms with Crippen LogP contribution in [0.5, 0.6) is 11.5 Å². The number of methoxy groups -OCH3 is 2. The van der Waals surface area contributed by atoms with Crippen LogP contribution in [0.15, 0.2) is 88.5 Å². The fourth-order valence-corrected chi connectivity index (χ4v) is 5.07. The zero-order valence-electron chi connectivity index (χ0n) is 21.7. The molecule has 0 amide bonds. The number of carbonyl (C=O) groups is 2. The largest absolute Gasteiger partial charge is 0.496 e. The van der Waals surface area contributed by atoms with Gasteiger partial charge in [-0.3, -0.25) is 23.5 Å². The highest BCUT2D eigenvalue weighted by molar-refractivity contribution is 6.11. The predicted octanol–water partition coefficient (Wildman–Crippen LogP) is 3.45. The first kappa shape index (κ1) is 25.0. The molecule has 0 radical (unpaired) electrons. The fourth-order valence-electron chi connectivity index (χ4n) is 5.07. The molecule has 5 aromatic rings. The lowest BCUT2D eigenvalue weighted by molar-refractivity contribution is 0.103. The van der Waals surface area contributed by atoms with Crippen LogP contribution in [0.2, 0.25) is 0 Å². The van der Waals surface area contributed by atoms with Gasteiger partial charge in [-0.25, -0.2) is 9.78 Å². The van der Waals surface area contributed by atoms with Gasteiger partial charge in [0.1, 0.15) is 22.9 Å². The van der Waals surface area contributed by atoms with E-state index in [4.69, 9.17) is 9.47 Å². The van der Waals surface area contributed by atoms with Gasteiger partial charge in [0.15, 0.2) is 0 Å². The van der Waals surface area contributed by atoms with E-state index in [1.54, 1.807) is 72.8 Å². The number of hydrogen-bond acceptors (Lipinski definition) is 7. The number of pyridine rings is 1. The second-order valence-electron chi connectivity index (χ2n) is 9.40. The molecular weight excluding hydrogens is 510 g/mol. The van der Waals surface area contributed by atoms with Gasteiger partial charge in [-0.15, -0.1) is 0 Å². The number of aromatic nitrogens is 3. The van der Waals surface area contributed by atoms with Gasteiger partial charge in [-0.1, -0.05) is 18.2 Å². The van der Waals surface area contributed by atoms with Crippen LogP contribution < -0.4 is 20.7 Å². The molecule has 3 aromatic carbocycles. The van der Waals surface area contributed by atoms with Crippen molar-refractivity contribution in [3.05, 3.63) is 133 Å². The molecule has 0 unspecified atom stereocenters. The lowest BCUT2D eigenvalue weighted by atomic mass is 10.0. The van der Waals surface area contributed by atoms with Crippen molar-refractivity contribution in [2.24, 2.45) is 0 Å². The number of benzene rings is 3. The van der Waals surface area contributed by atoms with Crippen molar-refractivity contribution in [1.29, 1.82) is 0 Å². The Morgan fingerprint density at radius 1 is 0.650 bits per heavy atom. The molecule has 3 heterocycles. The minimum Gasteiger partial charge on any atom is -0.496 e. The molecule has 198 valence electrons. The van der Waals surface area contributed by atoms with Crippen molar-refractivity contribution in [2.75, 3.05) is 14.2 Å². The smallest absolute Gasteiger partial charge is 0.332 e. The molecule has 6 rings (SSSR count). The molecule has 0 saturated carbocycles. The molecule has 0 atom stereocenters. The van der Waals surface area contributed by atoms with E-state index in [2.05, 4.69) is 4.98 Å². The van der Waals surface area contributed by atoms with Gasteiger partial charge < -0.3 is 9.47 Å². The monoisotopic (exact) mass is 533 g/mol. The van der Waals surface area contributed by atoms with Crippen LogP contribution in [0.4, 0.5) is 0 Å². The first-order valence-electron chi connectivity index (χ1n) is 12.5. The maximum absolute atomic E-state index is 13.9. The number of fused-ring (bicyclic) bond motifs is 10. The summed E-state index contributed by atoms with van der Waals surface area (Å²) in [6.45, 7) is -0.0943. The molecule has 0 spiro atoms. The zero-order chi connectivity index (χ0) is 28.0. The van der Waals surface area contributed by atoms with Crippen molar-refractivity contribution >= 4 is 22.5 Å². The summed E-state index contributed by atoms with van der Waals surface area (Å²) in [5, 5.41) is 0.347. The molecule has 40 heavy (non-hydrogen) atoms. The predicted molar refractivity (Wildman–Crippen MR) is 148 cm³/mol. The number of rotatable bonds is 2. The van der Waals surface area contributed by atoms with Crippen molar-refractivity contribution < 1.29 is 19.1 Å². The van der Waals surface area contributed by atoms with Gasteiger partial charge in [-0.05, 0) is 60.7 Å². The minimum atomic E-state index is -0.555. The van der Waals surface area contributed by atoms with E-state index in [-0.39, 0.29) is 35.8 Å². The maximum atomic E-state index is 13.9. The number of nitrogens with zero attached hydrogens (tertiary/aromatic N) is 3. The third kappa shape index (κ3) is 4.08. The van der Waals surface area contributed by atoms with Gasteiger partial charge in [0.25, 0.3) is 5.56 Å². The summed E-state index contributed by atoms with van der Waals surface area (Å²) >= 11 is 0. The summed E-state index contributed by atoms with van der Waals surface area (Å²) in [6, 6.07) is 21.2. The Kier molecular flexibility index (Phi) is 6.11. The van der Waals surface area contributed by atoms with Crippen LogP contribution in [-0.2, 0) is 13.1 Å². The van der Waals surface area contributed by atoms with E-state index in [1.165, 1.54) is 24.9 Å². The number of ether oxygens (including phenoxy) is 2. The molecule has 9 heteroatoms.